The van der Waals surface area contributed by atoms with Crippen molar-refractivity contribution in [3.05, 3.63) is 45.3 Å². The summed E-state index contributed by atoms with van der Waals surface area (Å²) in [6.45, 7) is 1.94. The van der Waals surface area contributed by atoms with E-state index >= 15 is 0 Å². The lowest BCUT2D eigenvalue weighted by molar-refractivity contribution is 0.859. The molecule has 1 heterocycles. The number of benzene rings is 1. The van der Waals surface area contributed by atoms with E-state index in [9.17, 15) is 0 Å². The van der Waals surface area contributed by atoms with Crippen molar-refractivity contribution >= 4 is 40.6 Å². The normalized spacial score (nSPS) is 12.2. The van der Waals surface area contributed by atoms with Gasteiger partial charge in [0.15, 0.2) is 11.0 Å². The molecule has 2 aromatic rings. The van der Waals surface area contributed by atoms with Crippen molar-refractivity contribution in [3.8, 4) is 0 Å². The van der Waals surface area contributed by atoms with Crippen molar-refractivity contribution in [3.63, 3.8) is 0 Å². The minimum atomic E-state index is -0.0797. The van der Waals surface area contributed by atoms with Crippen LogP contribution in [0.5, 0.6) is 0 Å². The second kappa shape index (κ2) is 5.69. The molecule has 1 unspecified atom stereocenters. The van der Waals surface area contributed by atoms with E-state index in [0.29, 0.717) is 10.8 Å². The monoisotopic (exact) mass is 302 g/mol. The smallest absolute Gasteiger partial charge is 0.245 e. The van der Waals surface area contributed by atoms with Crippen molar-refractivity contribution in [1.82, 2.24) is 15.2 Å². The molecular formula is C11H9Cl3N4. The molecule has 0 aliphatic carbocycles. The number of aromatic nitrogens is 3. The van der Waals surface area contributed by atoms with E-state index in [-0.39, 0.29) is 16.5 Å². The predicted octanol–water partition coefficient (Wildman–Crippen LogP) is 4.00. The Kier molecular flexibility index (Phi) is 4.22. The zero-order valence-electron chi connectivity index (χ0n) is 9.36. The Morgan fingerprint density at radius 1 is 1.11 bits per heavy atom. The van der Waals surface area contributed by atoms with E-state index in [2.05, 4.69) is 20.5 Å². The summed E-state index contributed by atoms with van der Waals surface area (Å²) in [7, 11) is 0. The number of halogens is 3. The van der Waals surface area contributed by atoms with Crippen molar-refractivity contribution in [2.75, 3.05) is 5.32 Å². The highest BCUT2D eigenvalue weighted by Crippen LogP contribution is 2.27. The SMILES string of the molecule is CC(Nc1nc(Cl)nnc1Cl)c1ccccc1Cl. The van der Waals surface area contributed by atoms with Crippen molar-refractivity contribution in [2.24, 2.45) is 0 Å². The first-order valence-corrected chi connectivity index (χ1v) is 6.28. The predicted molar refractivity (Wildman–Crippen MR) is 73.3 cm³/mol. The fraction of sp³-hybridized carbons (Fsp3) is 0.182. The Balaban J connectivity index is 2.24. The van der Waals surface area contributed by atoms with Crippen LogP contribution in [0.2, 0.25) is 15.5 Å². The van der Waals surface area contributed by atoms with Crippen LogP contribution in [0.3, 0.4) is 0 Å². The molecule has 1 atom stereocenters. The standard InChI is InChI=1S/C11H9Cl3N4/c1-6(7-4-2-3-5-8(7)12)15-10-9(13)17-18-11(14)16-10/h2-6H,1H3,(H,15,16,18). The van der Waals surface area contributed by atoms with Crippen LogP contribution in [0.25, 0.3) is 0 Å². The topological polar surface area (TPSA) is 50.7 Å². The molecule has 0 aliphatic rings. The Morgan fingerprint density at radius 3 is 2.56 bits per heavy atom. The van der Waals surface area contributed by atoms with Crippen LogP contribution in [0.15, 0.2) is 24.3 Å². The molecule has 0 bridgehead atoms. The first-order valence-electron chi connectivity index (χ1n) is 5.14. The summed E-state index contributed by atoms with van der Waals surface area (Å²) in [5.41, 5.74) is 0.935. The minimum Gasteiger partial charge on any atom is -0.361 e. The third-order valence-electron chi connectivity index (χ3n) is 2.34. The fourth-order valence-electron chi connectivity index (χ4n) is 1.49. The lowest BCUT2D eigenvalue weighted by atomic mass is 10.1. The average molecular weight is 304 g/mol. The average Bonchev–Trinajstić information content (AvgIpc) is 2.34. The summed E-state index contributed by atoms with van der Waals surface area (Å²) in [6.07, 6.45) is 0. The first-order chi connectivity index (χ1) is 8.58. The summed E-state index contributed by atoms with van der Waals surface area (Å²) in [5.74, 6) is 0.379. The van der Waals surface area contributed by atoms with Gasteiger partial charge in [0.05, 0.1) is 6.04 Å². The number of hydrogen-bond donors (Lipinski definition) is 1. The maximum absolute atomic E-state index is 6.11. The molecule has 2 rings (SSSR count). The zero-order valence-corrected chi connectivity index (χ0v) is 11.6. The van der Waals surface area contributed by atoms with Gasteiger partial charge in [-0.15, -0.1) is 10.2 Å². The molecule has 0 saturated heterocycles. The van der Waals surface area contributed by atoms with Gasteiger partial charge in [-0.1, -0.05) is 41.4 Å². The van der Waals surface area contributed by atoms with Gasteiger partial charge in [-0.05, 0) is 30.2 Å². The third kappa shape index (κ3) is 3.02. The summed E-state index contributed by atoms with van der Waals surface area (Å²) in [5, 5.41) is 11.2. The molecule has 18 heavy (non-hydrogen) atoms. The molecule has 0 aliphatic heterocycles. The Hall–Kier alpha value is -1.10. The number of nitrogens with zero attached hydrogens (tertiary/aromatic N) is 3. The van der Waals surface area contributed by atoms with Crippen LogP contribution in [0.4, 0.5) is 5.82 Å². The van der Waals surface area contributed by atoms with E-state index in [0.717, 1.165) is 5.56 Å². The fourth-order valence-corrected chi connectivity index (χ4v) is 2.05. The van der Waals surface area contributed by atoms with E-state index in [1.165, 1.54) is 0 Å². The van der Waals surface area contributed by atoms with Crippen LogP contribution < -0.4 is 5.32 Å². The lowest BCUT2D eigenvalue weighted by Gasteiger charge is -2.16. The summed E-state index contributed by atoms with van der Waals surface area (Å²) in [6, 6.07) is 7.44. The Bertz CT molecular complexity index is 562. The van der Waals surface area contributed by atoms with Gasteiger partial charge < -0.3 is 5.32 Å². The Labute approximate surface area is 119 Å². The molecule has 4 nitrogen and oxygen atoms in total. The molecule has 0 saturated carbocycles. The number of rotatable bonds is 3. The molecule has 94 valence electrons. The van der Waals surface area contributed by atoms with E-state index in [4.69, 9.17) is 34.8 Å². The largest absolute Gasteiger partial charge is 0.361 e. The van der Waals surface area contributed by atoms with E-state index < -0.39 is 0 Å². The van der Waals surface area contributed by atoms with Gasteiger partial charge in [-0.2, -0.15) is 4.98 Å². The summed E-state index contributed by atoms with van der Waals surface area (Å²) in [4.78, 5) is 3.97. The van der Waals surface area contributed by atoms with Crippen LogP contribution in [-0.2, 0) is 0 Å². The highest BCUT2D eigenvalue weighted by Gasteiger charge is 2.13. The van der Waals surface area contributed by atoms with Crippen LogP contribution >= 0.6 is 34.8 Å². The van der Waals surface area contributed by atoms with Gasteiger partial charge in [0.25, 0.3) is 0 Å². The lowest BCUT2D eigenvalue weighted by Crippen LogP contribution is -2.10. The van der Waals surface area contributed by atoms with Gasteiger partial charge in [-0.3, -0.25) is 0 Å². The number of nitrogens with one attached hydrogen (secondary N) is 1. The molecule has 7 heteroatoms. The first kappa shape index (κ1) is 13.3. The third-order valence-corrected chi connectivity index (χ3v) is 3.10. The molecule has 0 spiro atoms. The zero-order chi connectivity index (χ0) is 13.1. The molecule has 1 aromatic heterocycles. The molecule has 1 N–H and O–H groups in total. The second-order valence-electron chi connectivity index (χ2n) is 3.61. The van der Waals surface area contributed by atoms with Crippen molar-refractivity contribution in [1.29, 1.82) is 0 Å². The molecule has 0 fully saturated rings. The minimum absolute atomic E-state index is 0.0354. The molecule has 1 aromatic carbocycles. The van der Waals surface area contributed by atoms with Crippen LogP contribution in [-0.4, -0.2) is 15.2 Å². The number of anilines is 1. The van der Waals surface area contributed by atoms with Crippen molar-refractivity contribution < 1.29 is 0 Å². The highest BCUT2D eigenvalue weighted by molar-refractivity contribution is 6.32. The van der Waals surface area contributed by atoms with Gasteiger partial charge in [0.2, 0.25) is 5.28 Å². The number of hydrogen-bond acceptors (Lipinski definition) is 4. The van der Waals surface area contributed by atoms with Gasteiger partial charge >= 0.3 is 0 Å². The quantitative estimate of drug-likeness (QED) is 0.931. The van der Waals surface area contributed by atoms with Gasteiger partial charge in [-0.25, -0.2) is 0 Å². The second-order valence-corrected chi connectivity index (χ2v) is 4.71. The van der Waals surface area contributed by atoms with E-state index in [1.807, 2.05) is 31.2 Å². The van der Waals surface area contributed by atoms with Gasteiger partial charge in [0.1, 0.15) is 0 Å². The van der Waals surface area contributed by atoms with Crippen LogP contribution in [0, 0.1) is 0 Å². The van der Waals surface area contributed by atoms with Crippen LogP contribution in [0.1, 0.15) is 18.5 Å². The maximum atomic E-state index is 6.11. The van der Waals surface area contributed by atoms with E-state index in [1.54, 1.807) is 0 Å². The molecule has 0 amide bonds. The Morgan fingerprint density at radius 2 is 1.83 bits per heavy atom. The van der Waals surface area contributed by atoms with Crippen molar-refractivity contribution in [2.45, 2.75) is 13.0 Å². The summed E-state index contributed by atoms with van der Waals surface area (Å²) >= 11 is 17.7. The summed E-state index contributed by atoms with van der Waals surface area (Å²) < 4.78 is 0. The highest BCUT2D eigenvalue weighted by atomic mass is 35.5. The molecule has 0 radical (unpaired) electrons. The van der Waals surface area contributed by atoms with Gasteiger partial charge in [0, 0.05) is 5.02 Å². The maximum Gasteiger partial charge on any atom is 0.245 e. The molecular weight excluding hydrogens is 295 g/mol.